The molecule has 46 heavy (non-hydrogen) atoms. The molecule has 2 fully saturated rings. The van der Waals surface area contributed by atoms with Gasteiger partial charge in [-0.1, -0.05) is 35.5 Å². The monoisotopic (exact) mass is 628 g/mol. The second-order valence-electron chi connectivity index (χ2n) is 14.8. The van der Waals surface area contributed by atoms with Gasteiger partial charge in [0.1, 0.15) is 28.4 Å². The minimum Gasteiger partial charge on any atom is -0.506 e. The lowest BCUT2D eigenvalue weighted by Crippen LogP contribution is -2.72. The van der Waals surface area contributed by atoms with Crippen molar-refractivity contribution in [3.05, 3.63) is 69.4 Å². The van der Waals surface area contributed by atoms with Crippen molar-refractivity contribution in [2.45, 2.75) is 110 Å². The van der Waals surface area contributed by atoms with E-state index in [2.05, 4.69) is 19.9 Å². The number of Topliss-reactive ketones (excluding diaryl/α,β-unsaturated/α-hetero) is 2. The van der Waals surface area contributed by atoms with E-state index in [1.807, 2.05) is 52.8 Å². The van der Waals surface area contributed by atoms with E-state index in [0.29, 0.717) is 41.7 Å². The largest absolute Gasteiger partial charge is 0.506 e. The second-order valence-corrected chi connectivity index (χ2v) is 14.8. The van der Waals surface area contributed by atoms with Gasteiger partial charge in [-0.3, -0.25) is 9.59 Å². The number of carbonyl (C=O) groups is 3. The van der Waals surface area contributed by atoms with Crippen LogP contribution in [0.3, 0.4) is 0 Å². The highest BCUT2D eigenvalue weighted by atomic mass is 16.6. The average Bonchev–Trinajstić information content (AvgIpc) is 3.12. The first-order valence-electron chi connectivity index (χ1n) is 16.2. The van der Waals surface area contributed by atoms with E-state index in [0.717, 1.165) is 12.0 Å². The number of aromatic hydroxyl groups is 1. The summed E-state index contributed by atoms with van der Waals surface area (Å²) in [6, 6.07) is 0. The zero-order valence-electron chi connectivity index (χ0n) is 28.0. The first kappa shape index (κ1) is 32.0. The van der Waals surface area contributed by atoms with Crippen molar-refractivity contribution in [2.24, 2.45) is 11.8 Å². The summed E-state index contributed by atoms with van der Waals surface area (Å²) in [5, 5.41) is 21.4. The standard InChI is InChI=1S/C38H44O8/c1-20(2)10-9-15-36(8)16-14-24-29(39)28-30(40)26-18-23-19-27-35(6,7)46-37(33(23)41,17-13-22(5)34(42)43)38(26,27)45-32(28)25(31(24)44-36)12-11-21(3)4/h10-11,13-14,16,18,23,27,39H,9,12,15,17,19H2,1-8H3,(H,42,43)/b22-13+/t23-,27?,36-,37-,38-/m1/s1. The molecule has 3 aliphatic heterocycles. The maximum atomic E-state index is 14.7. The molecule has 0 amide bonds. The van der Waals surface area contributed by atoms with Crippen molar-refractivity contribution in [3.63, 3.8) is 0 Å². The maximum Gasteiger partial charge on any atom is 0.330 e. The topological polar surface area (TPSA) is 119 Å². The SMILES string of the molecule is CC(C)=CCC[C@]1(C)C=Cc2c(O)c3c(c(CC=C(C)C)c2O1)O[C@]12C(=C[C@@H]4CC1C(C)(C)O[C@]2(C/C=C(\C)C(=O)O)C4=O)C3=O. The van der Waals surface area contributed by atoms with Crippen molar-refractivity contribution < 1.29 is 38.8 Å². The van der Waals surface area contributed by atoms with Crippen LogP contribution in [-0.4, -0.2) is 50.2 Å². The van der Waals surface area contributed by atoms with E-state index in [-0.39, 0.29) is 40.8 Å². The van der Waals surface area contributed by atoms with Gasteiger partial charge in [0, 0.05) is 35.0 Å². The van der Waals surface area contributed by atoms with Gasteiger partial charge < -0.3 is 24.4 Å². The van der Waals surface area contributed by atoms with E-state index in [1.54, 1.807) is 6.08 Å². The molecule has 5 atom stereocenters. The maximum absolute atomic E-state index is 14.7. The lowest BCUT2D eigenvalue weighted by Gasteiger charge is -2.56. The Kier molecular flexibility index (Phi) is 7.36. The number of phenols is 1. The second kappa shape index (κ2) is 10.6. The highest BCUT2D eigenvalue weighted by Crippen LogP contribution is 2.68. The minimum absolute atomic E-state index is 0.0544. The van der Waals surface area contributed by atoms with Crippen molar-refractivity contribution >= 4 is 23.6 Å². The Hall–Kier alpha value is -3.91. The molecule has 7 rings (SSSR count). The number of phenolic OH excluding ortho intramolecular Hbond substituents is 1. The molecule has 8 nitrogen and oxygen atoms in total. The van der Waals surface area contributed by atoms with Gasteiger partial charge in [-0.05, 0) is 93.2 Å². The van der Waals surface area contributed by atoms with Gasteiger partial charge in [0.25, 0.3) is 0 Å². The fraction of sp³-hybridized carbons (Fsp3) is 0.500. The number of aliphatic carboxylic acids is 1. The first-order valence-corrected chi connectivity index (χ1v) is 16.2. The average molecular weight is 629 g/mol. The molecular weight excluding hydrogens is 584 g/mol. The molecular formula is C38H44O8. The van der Waals surface area contributed by atoms with Gasteiger partial charge in [-0.15, -0.1) is 0 Å². The summed E-state index contributed by atoms with van der Waals surface area (Å²) in [6.07, 6.45) is 13.4. The normalized spacial score (nSPS) is 31.2. The molecule has 1 aromatic rings. The third kappa shape index (κ3) is 4.47. The zero-order chi connectivity index (χ0) is 33.6. The highest BCUT2D eigenvalue weighted by molar-refractivity contribution is 6.19. The fourth-order valence-corrected chi connectivity index (χ4v) is 8.17. The van der Waals surface area contributed by atoms with E-state index in [4.69, 9.17) is 14.2 Å². The number of fused-ring (bicyclic) bond motifs is 2. The number of carboxylic acid groups (broad SMARTS) is 1. The molecule has 1 saturated carbocycles. The van der Waals surface area contributed by atoms with Crippen LogP contribution in [0.5, 0.6) is 17.2 Å². The summed E-state index contributed by atoms with van der Waals surface area (Å²) in [5.41, 5.74) is -0.952. The minimum atomic E-state index is -1.63. The molecule has 6 aliphatic rings. The van der Waals surface area contributed by atoms with Crippen LogP contribution in [-0.2, 0) is 20.7 Å². The van der Waals surface area contributed by atoms with Crippen LogP contribution in [0.25, 0.3) is 6.08 Å². The lowest BCUT2D eigenvalue weighted by molar-refractivity contribution is -0.171. The Morgan fingerprint density at radius 3 is 2.35 bits per heavy atom. The molecule has 244 valence electrons. The molecule has 2 N–H and O–H groups in total. The number of ketones is 2. The third-order valence-corrected chi connectivity index (χ3v) is 10.5. The first-order chi connectivity index (χ1) is 21.5. The fourth-order valence-electron chi connectivity index (χ4n) is 8.17. The Bertz CT molecular complexity index is 1730. The molecule has 1 saturated heterocycles. The van der Waals surface area contributed by atoms with Crippen LogP contribution >= 0.6 is 0 Å². The van der Waals surface area contributed by atoms with Gasteiger partial charge in [-0.2, -0.15) is 0 Å². The van der Waals surface area contributed by atoms with Crippen molar-refractivity contribution in [3.8, 4) is 17.2 Å². The van der Waals surface area contributed by atoms with E-state index in [1.165, 1.54) is 18.6 Å². The number of hydrogen-bond acceptors (Lipinski definition) is 7. The van der Waals surface area contributed by atoms with Crippen molar-refractivity contribution in [1.29, 1.82) is 0 Å². The van der Waals surface area contributed by atoms with Gasteiger partial charge >= 0.3 is 5.97 Å². The molecule has 0 radical (unpaired) electrons. The predicted octanol–water partition coefficient (Wildman–Crippen LogP) is 7.24. The molecule has 1 spiro atoms. The molecule has 3 heterocycles. The predicted molar refractivity (Wildman–Crippen MR) is 174 cm³/mol. The van der Waals surface area contributed by atoms with Gasteiger partial charge in [-0.25, -0.2) is 4.79 Å². The van der Waals surface area contributed by atoms with Crippen LogP contribution in [0.15, 0.2) is 52.7 Å². The smallest absolute Gasteiger partial charge is 0.330 e. The number of rotatable bonds is 8. The number of carboxylic acids is 1. The van der Waals surface area contributed by atoms with Gasteiger partial charge in [0.05, 0.1) is 11.2 Å². The quantitative estimate of drug-likeness (QED) is 0.228. The summed E-state index contributed by atoms with van der Waals surface area (Å²) in [7, 11) is 0. The number of ether oxygens (including phenoxy) is 3. The Morgan fingerprint density at radius 1 is 1.00 bits per heavy atom. The number of benzene rings is 1. The van der Waals surface area contributed by atoms with Gasteiger partial charge in [0.2, 0.25) is 0 Å². The van der Waals surface area contributed by atoms with Crippen LogP contribution in [0.1, 0.15) is 103 Å². The Balaban J connectivity index is 1.59. The lowest BCUT2D eigenvalue weighted by atomic mass is 9.51. The molecule has 0 aromatic heterocycles. The third-order valence-electron chi connectivity index (χ3n) is 10.5. The number of carbonyl (C=O) groups excluding carboxylic acids is 2. The summed E-state index contributed by atoms with van der Waals surface area (Å²) < 4.78 is 20.6. The van der Waals surface area contributed by atoms with E-state index >= 15 is 0 Å². The Labute approximate surface area is 270 Å². The van der Waals surface area contributed by atoms with E-state index < -0.39 is 40.1 Å². The molecule has 3 aliphatic carbocycles. The zero-order valence-corrected chi connectivity index (χ0v) is 28.0. The summed E-state index contributed by atoms with van der Waals surface area (Å²) in [4.78, 5) is 40.8. The summed E-state index contributed by atoms with van der Waals surface area (Å²) in [6.45, 7) is 15.4. The molecule has 1 aromatic carbocycles. The summed E-state index contributed by atoms with van der Waals surface area (Å²) >= 11 is 0. The molecule has 4 bridgehead atoms. The van der Waals surface area contributed by atoms with Gasteiger partial charge in [0.15, 0.2) is 22.8 Å². The molecule has 8 heteroatoms. The van der Waals surface area contributed by atoms with Crippen LogP contribution in [0.2, 0.25) is 0 Å². The van der Waals surface area contributed by atoms with Crippen LogP contribution < -0.4 is 9.47 Å². The van der Waals surface area contributed by atoms with Crippen LogP contribution in [0, 0.1) is 11.8 Å². The highest BCUT2D eigenvalue weighted by Gasteiger charge is 2.81. The molecule has 1 unspecified atom stereocenters. The van der Waals surface area contributed by atoms with Crippen molar-refractivity contribution in [2.75, 3.05) is 0 Å². The van der Waals surface area contributed by atoms with Crippen LogP contribution in [0.4, 0.5) is 0 Å². The summed E-state index contributed by atoms with van der Waals surface area (Å²) in [5.74, 6) is -2.28. The van der Waals surface area contributed by atoms with Crippen molar-refractivity contribution in [1.82, 2.24) is 0 Å². The number of allylic oxidation sites excluding steroid dienone is 5. The Morgan fingerprint density at radius 2 is 1.70 bits per heavy atom. The van der Waals surface area contributed by atoms with E-state index in [9.17, 15) is 24.6 Å². The number of hydrogen-bond donors (Lipinski definition) is 2.